The summed E-state index contributed by atoms with van der Waals surface area (Å²) in [5.74, 6) is 0.877. The van der Waals surface area contributed by atoms with Gasteiger partial charge in [-0.2, -0.15) is 0 Å². The molecule has 0 atom stereocenters. The number of nitrogens with one attached hydrogen (secondary N) is 1. The minimum atomic E-state index is -0.00748. The molecule has 0 bridgehead atoms. The van der Waals surface area contributed by atoms with Gasteiger partial charge in [-0.3, -0.25) is 4.79 Å². The van der Waals surface area contributed by atoms with E-state index < -0.39 is 0 Å². The van der Waals surface area contributed by atoms with Crippen LogP contribution in [0.1, 0.15) is 31.2 Å². The Balaban J connectivity index is 1.59. The fourth-order valence-electron chi connectivity index (χ4n) is 1.87. The molecule has 1 aliphatic rings. The third kappa shape index (κ3) is 5.41. The zero-order valence-corrected chi connectivity index (χ0v) is 11.2. The molecule has 1 aliphatic carbocycles. The lowest BCUT2D eigenvalue weighted by Crippen LogP contribution is -2.14. The lowest BCUT2D eigenvalue weighted by molar-refractivity contribution is -0.117. The van der Waals surface area contributed by atoms with E-state index in [1.807, 2.05) is 24.3 Å². The molecule has 4 heteroatoms. The number of hydrogen-bond acceptors (Lipinski definition) is 3. The summed E-state index contributed by atoms with van der Waals surface area (Å²) in [4.78, 5) is 11.7. The lowest BCUT2D eigenvalue weighted by Gasteiger charge is -2.06. The second-order valence-electron chi connectivity index (χ2n) is 5.04. The van der Waals surface area contributed by atoms with Crippen LogP contribution in [0.3, 0.4) is 0 Å². The molecule has 104 valence electrons. The molecule has 0 heterocycles. The number of carbonyl (C=O) groups excluding carboxylic acids is 1. The minimum absolute atomic E-state index is 0.00748. The number of rotatable bonds is 8. The third-order valence-corrected chi connectivity index (χ3v) is 3.31. The molecule has 1 fully saturated rings. The van der Waals surface area contributed by atoms with Crippen molar-refractivity contribution in [2.24, 2.45) is 11.7 Å². The molecule has 0 unspecified atom stereocenters. The Labute approximate surface area is 114 Å². The van der Waals surface area contributed by atoms with Crippen molar-refractivity contribution < 1.29 is 9.53 Å². The molecule has 1 aromatic rings. The Morgan fingerprint density at radius 2 is 2.00 bits per heavy atom. The van der Waals surface area contributed by atoms with Gasteiger partial charge < -0.3 is 15.8 Å². The summed E-state index contributed by atoms with van der Waals surface area (Å²) in [6, 6.07) is 7.57. The predicted octanol–water partition coefficient (Wildman–Crippen LogP) is 2.29. The van der Waals surface area contributed by atoms with Crippen molar-refractivity contribution in [1.82, 2.24) is 0 Å². The molecule has 19 heavy (non-hydrogen) atoms. The first-order chi connectivity index (χ1) is 9.28. The lowest BCUT2D eigenvalue weighted by atomic mass is 10.2. The monoisotopic (exact) mass is 262 g/mol. The summed E-state index contributed by atoms with van der Waals surface area (Å²) in [7, 11) is 0. The topological polar surface area (TPSA) is 64.3 Å². The van der Waals surface area contributed by atoms with Gasteiger partial charge >= 0.3 is 0 Å². The third-order valence-electron chi connectivity index (χ3n) is 3.31. The first-order valence-corrected chi connectivity index (χ1v) is 6.94. The summed E-state index contributed by atoms with van der Waals surface area (Å²) >= 11 is 0. The van der Waals surface area contributed by atoms with E-state index in [1.165, 1.54) is 12.8 Å². The highest BCUT2D eigenvalue weighted by atomic mass is 16.5. The van der Waals surface area contributed by atoms with Crippen LogP contribution in [-0.2, 0) is 16.1 Å². The summed E-state index contributed by atoms with van der Waals surface area (Å²) in [5, 5.41) is 2.85. The maximum absolute atomic E-state index is 11.7. The number of benzene rings is 1. The predicted molar refractivity (Wildman–Crippen MR) is 75.7 cm³/mol. The van der Waals surface area contributed by atoms with Crippen LogP contribution in [0.2, 0.25) is 0 Å². The maximum Gasteiger partial charge on any atom is 0.226 e. The van der Waals surface area contributed by atoms with Gasteiger partial charge in [0.15, 0.2) is 0 Å². The van der Waals surface area contributed by atoms with E-state index >= 15 is 0 Å². The number of amides is 1. The van der Waals surface area contributed by atoms with Gasteiger partial charge in [-0.25, -0.2) is 0 Å². The van der Waals surface area contributed by atoms with E-state index in [2.05, 4.69) is 5.32 Å². The van der Waals surface area contributed by atoms with Crippen molar-refractivity contribution in [3.63, 3.8) is 0 Å². The van der Waals surface area contributed by atoms with Crippen molar-refractivity contribution in [2.75, 3.05) is 18.5 Å². The fourth-order valence-corrected chi connectivity index (χ4v) is 1.87. The molecule has 0 aromatic heterocycles. The zero-order valence-electron chi connectivity index (χ0n) is 11.2. The molecule has 4 nitrogen and oxygen atoms in total. The summed E-state index contributed by atoms with van der Waals surface area (Å²) in [6.45, 7) is 1.80. The molecule has 1 amide bonds. The van der Waals surface area contributed by atoms with Gasteiger partial charge in [-0.05, 0) is 30.0 Å². The van der Waals surface area contributed by atoms with E-state index in [0.29, 0.717) is 19.6 Å². The quantitative estimate of drug-likeness (QED) is 0.706. The van der Waals surface area contributed by atoms with Crippen LogP contribution in [0, 0.1) is 5.92 Å². The van der Waals surface area contributed by atoms with E-state index in [4.69, 9.17) is 10.5 Å². The van der Waals surface area contributed by atoms with Crippen LogP contribution < -0.4 is 11.1 Å². The highest BCUT2D eigenvalue weighted by Crippen LogP contribution is 2.32. The average molecular weight is 262 g/mol. The van der Waals surface area contributed by atoms with Crippen LogP contribution in [0.5, 0.6) is 0 Å². The van der Waals surface area contributed by atoms with Crippen molar-refractivity contribution in [1.29, 1.82) is 0 Å². The molecule has 0 saturated heterocycles. The van der Waals surface area contributed by atoms with E-state index in [9.17, 15) is 4.79 Å². The van der Waals surface area contributed by atoms with Crippen LogP contribution in [0.4, 0.5) is 5.69 Å². The SMILES string of the molecule is NCc1ccc(NC(=O)CCOCCC2CC2)cc1. The molecule has 2 rings (SSSR count). The first-order valence-electron chi connectivity index (χ1n) is 6.94. The number of nitrogens with two attached hydrogens (primary N) is 1. The highest BCUT2D eigenvalue weighted by Gasteiger charge is 2.20. The van der Waals surface area contributed by atoms with Gasteiger partial charge in [0.05, 0.1) is 13.0 Å². The molecule has 1 aromatic carbocycles. The van der Waals surface area contributed by atoms with Crippen molar-refractivity contribution in [2.45, 2.75) is 32.2 Å². The Hall–Kier alpha value is -1.39. The molecule has 3 N–H and O–H groups in total. The smallest absolute Gasteiger partial charge is 0.226 e. The highest BCUT2D eigenvalue weighted by molar-refractivity contribution is 5.90. The van der Waals surface area contributed by atoms with Crippen LogP contribution in [0.25, 0.3) is 0 Å². The van der Waals surface area contributed by atoms with Crippen LogP contribution >= 0.6 is 0 Å². The Morgan fingerprint density at radius 1 is 1.26 bits per heavy atom. The zero-order chi connectivity index (χ0) is 13.5. The molecule has 0 spiro atoms. The van der Waals surface area contributed by atoms with E-state index in [0.717, 1.165) is 30.2 Å². The van der Waals surface area contributed by atoms with Crippen molar-refractivity contribution in [3.05, 3.63) is 29.8 Å². The maximum atomic E-state index is 11.7. The Kier molecular flexibility index (Phi) is 5.36. The van der Waals surface area contributed by atoms with E-state index in [-0.39, 0.29) is 5.91 Å². The first kappa shape index (κ1) is 14.0. The summed E-state index contributed by atoms with van der Waals surface area (Å²) in [6.07, 6.45) is 4.25. The second-order valence-corrected chi connectivity index (χ2v) is 5.04. The number of anilines is 1. The summed E-state index contributed by atoms with van der Waals surface area (Å²) in [5.41, 5.74) is 7.38. The Morgan fingerprint density at radius 3 is 2.63 bits per heavy atom. The minimum Gasteiger partial charge on any atom is -0.381 e. The molecular formula is C15H22N2O2. The molecule has 0 aliphatic heterocycles. The Bertz CT molecular complexity index is 399. The van der Waals surface area contributed by atoms with Gasteiger partial charge in [0.25, 0.3) is 0 Å². The largest absolute Gasteiger partial charge is 0.381 e. The number of ether oxygens (including phenoxy) is 1. The standard InChI is InChI=1S/C15H22N2O2/c16-11-13-3-5-14(6-4-13)17-15(18)8-10-19-9-7-12-1-2-12/h3-6,12H,1-2,7-11,16H2,(H,17,18). The van der Waals surface area contributed by atoms with Gasteiger partial charge in [-0.1, -0.05) is 25.0 Å². The van der Waals surface area contributed by atoms with Crippen LogP contribution in [0.15, 0.2) is 24.3 Å². The molecule has 1 saturated carbocycles. The number of carbonyl (C=O) groups is 1. The molecule has 0 radical (unpaired) electrons. The van der Waals surface area contributed by atoms with Gasteiger partial charge in [0.2, 0.25) is 5.91 Å². The summed E-state index contributed by atoms with van der Waals surface area (Å²) < 4.78 is 5.45. The van der Waals surface area contributed by atoms with E-state index in [1.54, 1.807) is 0 Å². The van der Waals surface area contributed by atoms with Gasteiger partial charge in [0, 0.05) is 18.8 Å². The number of hydrogen-bond donors (Lipinski definition) is 2. The molecular weight excluding hydrogens is 240 g/mol. The van der Waals surface area contributed by atoms with Crippen molar-refractivity contribution in [3.8, 4) is 0 Å². The average Bonchev–Trinajstić information content (AvgIpc) is 3.23. The second kappa shape index (κ2) is 7.26. The van der Waals surface area contributed by atoms with Gasteiger partial charge in [0.1, 0.15) is 0 Å². The normalized spacial score (nSPS) is 14.4. The van der Waals surface area contributed by atoms with Crippen molar-refractivity contribution >= 4 is 11.6 Å². The van der Waals surface area contributed by atoms with Crippen LogP contribution in [-0.4, -0.2) is 19.1 Å². The fraction of sp³-hybridized carbons (Fsp3) is 0.533. The van der Waals surface area contributed by atoms with Gasteiger partial charge in [-0.15, -0.1) is 0 Å².